The number of fused-ring (bicyclic) bond motifs is 21. The van der Waals surface area contributed by atoms with Gasteiger partial charge in [-0.25, -0.2) is 9.97 Å². The molecular weight excluding hydrogens is 1150 g/mol. The summed E-state index contributed by atoms with van der Waals surface area (Å²) in [5, 5.41) is 23.0. The molecule has 0 aliphatic rings. The Kier molecular flexibility index (Phi) is 11.3. The van der Waals surface area contributed by atoms with Crippen LogP contribution in [-0.4, -0.2) is 39.0 Å². The van der Waals surface area contributed by atoms with Gasteiger partial charge in [0.15, 0.2) is 23.3 Å². The minimum atomic E-state index is 0.547. The molecule has 20 rings (SSSR count). The summed E-state index contributed by atoms with van der Waals surface area (Å²) in [4.78, 5) is 32.5. The number of nitrogens with zero attached hydrogens (tertiary/aromatic N) is 8. The third kappa shape index (κ3) is 7.93. The average Bonchev–Trinajstić information content (AvgIpc) is 1.54. The highest BCUT2D eigenvalue weighted by Crippen LogP contribution is 2.47. The fraction of sp³-hybridized carbons (Fsp3) is 0. The molecule has 434 valence electrons. The summed E-state index contributed by atoms with van der Waals surface area (Å²) in [6.45, 7) is 0. The van der Waals surface area contributed by atoms with Crippen LogP contribution in [0.15, 0.2) is 303 Å². The van der Waals surface area contributed by atoms with Gasteiger partial charge in [-0.05, 0) is 123 Å². The fourth-order valence-corrected chi connectivity index (χ4v) is 15.1. The summed E-state index contributed by atoms with van der Waals surface area (Å²) in [7, 11) is 0. The van der Waals surface area contributed by atoms with Crippen LogP contribution in [0.2, 0.25) is 0 Å². The molecular formula is C86H50N8. The molecule has 8 nitrogen and oxygen atoms in total. The van der Waals surface area contributed by atoms with Crippen LogP contribution in [0.4, 0.5) is 0 Å². The second kappa shape index (κ2) is 20.4. The lowest BCUT2D eigenvalue weighted by atomic mass is 9.93. The van der Waals surface area contributed by atoms with Gasteiger partial charge in [-0.2, -0.15) is 19.9 Å². The van der Waals surface area contributed by atoms with Crippen LogP contribution in [-0.2, 0) is 0 Å². The molecule has 0 N–H and O–H groups in total. The zero-order chi connectivity index (χ0) is 61.5. The van der Waals surface area contributed by atoms with Crippen LogP contribution in [0.5, 0.6) is 0 Å². The molecule has 94 heavy (non-hydrogen) atoms. The molecule has 0 amide bonds. The molecule has 0 unspecified atom stereocenters. The standard InChI is InChI=1S/C86H50N8/c1-3-22-54(23-4-1)81-88-84(91-85(89-81)93-74-45-44-53-21-9-10-28-63(53)77(74)78-69-34-16-12-30-65(69)67-32-14-18-36-71(67)80(78)93)60-43-40-52-38-41-58(47-61(52)48-60)62-37-19-27-57-49-75-73(50-72(57)62)76-68-33-15-11-29-64(68)66-31-13-17-35-70(66)79(76)94(75)86-90-82(55-24-5-2-6-25-55)87-83(92-86)59-42-39-51-20-7-8-26-56(51)46-59/h1-50H. The van der Waals surface area contributed by atoms with E-state index in [1.807, 2.05) is 36.4 Å². The van der Waals surface area contributed by atoms with Crippen molar-refractivity contribution in [2.24, 2.45) is 0 Å². The highest BCUT2D eigenvalue weighted by molar-refractivity contribution is 6.36. The second-order valence-corrected chi connectivity index (χ2v) is 24.5. The number of benzene rings is 16. The molecule has 0 radical (unpaired) electrons. The van der Waals surface area contributed by atoms with E-state index in [4.69, 9.17) is 29.9 Å². The molecule has 0 aliphatic heterocycles. The van der Waals surface area contributed by atoms with Crippen LogP contribution < -0.4 is 0 Å². The average molecular weight is 1200 g/mol. The summed E-state index contributed by atoms with van der Waals surface area (Å²) in [5.74, 6) is 3.48. The van der Waals surface area contributed by atoms with Gasteiger partial charge in [-0.3, -0.25) is 9.13 Å². The Labute approximate surface area is 537 Å². The molecule has 0 saturated carbocycles. The summed E-state index contributed by atoms with van der Waals surface area (Å²) in [6, 6.07) is 108. The Balaban J connectivity index is 0.795. The molecule has 8 heteroatoms. The molecule has 0 spiro atoms. The summed E-state index contributed by atoms with van der Waals surface area (Å²) < 4.78 is 4.59. The molecule has 20 aromatic rings. The Morgan fingerprint density at radius 2 is 0.606 bits per heavy atom. The molecule has 16 aromatic carbocycles. The van der Waals surface area contributed by atoms with Crippen molar-refractivity contribution in [1.82, 2.24) is 39.0 Å². The maximum atomic E-state index is 5.56. The van der Waals surface area contributed by atoms with E-state index < -0.39 is 0 Å². The highest BCUT2D eigenvalue weighted by Gasteiger charge is 2.26. The van der Waals surface area contributed by atoms with Crippen molar-refractivity contribution in [3.8, 4) is 68.6 Å². The van der Waals surface area contributed by atoms with Crippen molar-refractivity contribution in [3.05, 3.63) is 303 Å². The van der Waals surface area contributed by atoms with Gasteiger partial charge in [0, 0.05) is 54.6 Å². The summed E-state index contributed by atoms with van der Waals surface area (Å²) in [5.41, 5.74) is 9.97. The van der Waals surface area contributed by atoms with Gasteiger partial charge in [-0.15, -0.1) is 0 Å². The predicted molar refractivity (Wildman–Crippen MR) is 389 cm³/mol. The Morgan fingerprint density at radius 3 is 1.21 bits per heavy atom. The van der Waals surface area contributed by atoms with Crippen molar-refractivity contribution in [2.75, 3.05) is 0 Å². The Bertz CT molecular complexity index is 6610. The van der Waals surface area contributed by atoms with Crippen molar-refractivity contribution >= 4 is 130 Å². The number of hydrogen-bond donors (Lipinski definition) is 0. The monoisotopic (exact) mass is 1190 g/mol. The maximum Gasteiger partial charge on any atom is 0.238 e. The Morgan fingerprint density at radius 1 is 0.191 bits per heavy atom. The zero-order valence-corrected chi connectivity index (χ0v) is 50.4. The molecule has 0 fully saturated rings. The van der Waals surface area contributed by atoms with E-state index >= 15 is 0 Å². The van der Waals surface area contributed by atoms with Crippen LogP contribution >= 0.6 is 0 Å². The molecule has 0 bridgehead atoms. The van der Waals surface area contributed by atoms with Gasteiger partial charge in [-0.1, -0.05) is 267 Å². The van der Waals surface area contributed by atoms with E-state index in [-0.39, 0.29) is 0 Å². The van der Waals surface area contributed by atoms with Crippen molar-refractivity contribution < 1.29 is 0 Å². The predicted octanol–water partition coefficient (Wildman–Crippen LogP) is 21.8. The normalized spacial score (nSPS) is 12.0. The first-order chi connectivity index (χ1) is 46.6. The van der Waals surface area contributed by atoms with Crippen molar-refractivity contribution in [3.63, 3.8) is 0 Å². The third-order valence-corrected chi connectivity index (χ3v) is 19.3. The molecule has 0 saturated heterocycles. The molecule has 4 aromatic heterocycles. The van der Waals surface area contributed by atoms with Crippen LogP contribution in [0, 0.1) is 0 Å². The van der Waals surface area contributed by atoms with Crippen LogP contribution in [0.25, 0.3) is 198 Å². The Hall–Kier alpha value is -12.8. The van der Waals surface area contributed by atoms with E-state index in [1.165, 1.54) is 43.1 Å². The number of aromatic nitrogens is 8. The third-order valence-electron chi connectivity index (χ3n) is 19.3. The first-order valence-corrected chi connectivity index (χ1v) is 31.8. The van der Waals surface area contributed by atoms with E-state index in [0.29, 0.717) is 35.2 Å². The highest BCUT2D eigenvalue weighted by atomic mass is 15.2. The van der Waals surface area contributed by atoms with Crippen LogP contribution in [0.3, 0.4) is 0 Å². The minimum absolute atomic E-state index is 0.547. The molecule has 4 heterocycles. The van der Waals surface area contributed by atoms with Gasteiger partial charge in [0.1, 0.15) is 0 Å². The van der Waals surface area contributed by atoms with E-state index in [2.05, 4.69) is 276 Å². The van der Waals surface area contributed by atoms with Gasteiger partial charge in [0.05, 0.1) is 22.1 Å². The molecule has 0 aliphatic carbocycles. The van der Waals surface area contributed by atoms with Crippen molar-refractivity contribution in [2.45, 2.75) is 0 Å². The van der Waals surface area contributed by atoms with Crippen LogP contribution in [0.1, 0.15) is 0 Å². The lowest BCUT2D eigenvalue weighted by molar-refractivity contribution is 0.955. The minimum Gasteiger partial charge on any atom is -0.277 e. The van der Waals surface area contributed by atoms with Crippen molar-refractivity contribution in [1.29, 1.82) is 0 Å². The van der Waals surface area contributed by atoms with Gasteiger partial charge in [0.25, 0.3) is 0 Å². The lowest BCUT2D eigenvalue weighted by Gasteiger charge is -2.14. The summed E-state index contributed by atoms with van der Waals surface area (Å²) in [6.07, 6.45) is 0. The van der Waals surface area contributed by atoms with Gasteiger partial charge < -0.3 is 0 Å². The lowest BCUT2D eigenvalue weighted by Crippen LogP contribution is -2.06. The first-order valence-electron chi connectivity index (χ1n) is 31.8. The smallest absolute Gasteiger partial charge is 0.238 e. The van der Waals surface area contributed by atoms with E-state index in [1.54, 1.807) is 0 Å². The number of rotatable bonds is 7. The topological polar surface area (TPSA) is 87.2 Å². The van der Waals surface area contributed by atoms with Gasteiger partial charge >= 0.3 is 0 Å². The second-order valence-electron chi connectivity index (χ2n) is 24.5. The van der Waals surface area contributed by atoms with E-state index in [0.717, 1.165) is 120 Å². The summed E-state index contributed by atoms with van der Waals surface area (Å²) >= 11 is 0. The van der Waals surface area contributed by atoms with Gasteiger partial charge in [0.2, 0.25) is 11.9 Å². The largest absolute Gasteiger partial charge is 0.277 e. The first kappa shape index (κ1) is 52.0. The number of hydrogen-bond acceptors (Lipinski definition) is 6. The maximum absolute atomic E-state index is 5.56. The quantitative estimate of drug-likeness (QED) is 0.148. The van der Waals surface area contributed by atoms with E-state index in [9.17, 15) is 0 Å². The fourth-order valence-electron chi connectivity index (χ4n) is 15.1. The zero-order valence-electron chi connectivity index (χ0n) is 50.4. The molecule has 0 atom stereocenters. The SMILES string of the molecule is c1ccc(-c2nc(-c3ccc4ccccc4c3)nc(-n3c4cc5cccc(-c6ccc7ccc(-c8nc(-c9ccccc9)nc(-n9c%10ccc%11ccccc%11c%10c%10c%11ccccc%11c%11ccccc%11c%109)n8)cc7c6)c5cc4c4c5ccccc5c5ccccc5c43)n2)cc1.